The SMILES string of the molecule is CCOC(=O)c1c(NC(=O)CCn2c(=O)cc(C)c3cccc(OC)c32)oc(C)c1C(C)=O. The van der Waals surface area contributed by atoms with Gasteiger partial charge in [0.1, 0.15) is 17.1 Å². The normalized spacial score (nSPS) is 10.8. The van der Waals surface area contributed by atoms with Gasteiger partial charge in [-0.2, -0.15) is 0 Å². The standard InChI is InChI=1S/C24H26N2O7/c1-6-32-24(30)21-20(14(3)27)15(4)33-23(21)25-18(28)10-11-26-19(29)12-13(2)16-8-7-9-17(31-5)22(16)26/h7-9,12H,6,10-11H2,1-5H3,(H,25,28). The topological polar surface area (TPSA) is 117 Å². The van der Waals surface area contributed by atoms with Crippen molar-refractivity contribution in [1.82, 2.24) is 4.57 Å². The molecule has 3 rings (SSSR count). The molecule has 0 bridgehead atoms. The molecule has 33 heavy (non-hydrogen) atoms. The number of hydrogen-bond donors (Lipinski definition) is 1. The van der Waals surface area contributed by atoms with Gasteiger partial charge in [0, 0.05) is 24.4 Å². The Hall–Kier alpha value is -3.88. The maximum absolute atomic E-state index is 12.7. The summed E-state index contributed by atoms with van der Waals surface area (Å²) in [5, 5.41) is 3.38. The number of rotatable bonds is 8. The predicted octanol–water partition coefficient (Wildman–Crippen LogP) is 3.63. The molecular weight excluding hydrogens is 428 g/mol. The molecule has 0 aliphatic carbocycles. The molecule has 0 fully saturated rings. The van der Waals surface area contributed by atoms with Gasteiger partial charge in [0.05, 0.1) is 24.8 Å². The number of fused-ring (bicyclic) bond motifs is 1. The van der Waals surface area contributed by atoms with Crippen LogP contribution in [-0.2, 0) is 16.1 Å². The van der Waals surface area contributed by atoms with Crippen LogP contribution < -0.4 is 15.6 Å². The second-order valence-corrected chi connectivity index (χ2v) is 7.49. The maximum Gasteiger partial charge on any atom is 0.344 e. The number of carbonyl (C=O) groups excluding carboxylic acids is 3. The molecule has 0 unspecified atom stereocenters. The summed E-state index contributed by atoms with van der Waals surface area (Å²) in [6.45, 7) is 6.46. The van der Waals surface area contributed by atoms with E-state index in [0.29, 0.717) is 11.3 Å². The van der Waals surface area contributed by atoms with Crippen molar-refractivity contribution in [3.8, 4) is 5.75 Å². The number of ether oxygens (including phenoxy) is 2. The van der Waals surface area contributed by atoms with E-state index in [-0.39, 0.29) is 53.7 Å². The number of methoxy groups -OCH3 is 1. The monoisotopic (exact) mass is 454 g/mol. The molecule has 0 aliphatic rings. The van der Waals surface area contributed by atoms with Crippen molar-refractivity contribution in [2.24, 2.45) is 0 Å². The van der Waals surface area contributed by atoms with E-state index < -0.39 is 11.9 Å². The van der Waals surface area contributed by atoms with Crippen molar-refractivity contribution < 1.29 is 28.3 Å². The molecule has 2 heterocycles. The molecule has 1 N–H and O–H groups in total. The molecule has 0 saturated carbocycles. The Morgan fingerprint density at radius 2 is 1.88 bits per heavy atom. The Kier molecular flexibility index (Phi) is 7.01. The minimum Gasteiger partial charge on any atom is -0.495 e. The minimum absolute atomic E-state index is 0.0641. The number of hydrogen-bond acceptors (Lipinski definition) is 7. The largest absolute Gasteiger partial charge is 0.495 e. The van der Waals surface area contributed by atoms with Gasteiger partial charge >= 0.3 is 5.97 Å². The second kappa shape index (κ2) is 9.72. The molecule has 3 aromatic rings. The van der Waals surface area contributed by atoms with Crippen LogP contribution in [0, 0.1) is 13.8 Å². The number of amides is 1. The lowest BCUT2D eigenvalue weighted by atomic mass is 10.1. The molecule has 9 heteroatoms. The van der Waals surface area contributed by atoms with E-state index in [9.17, 15) is 19.2 Å². The average molecular weight is 454 g/mol. The minimum atomic E-state index is -0.764. The number of aromatic nitrogens is 1. The Morgan fingerprint density at radius 1 is 1.15 bits per heavy atom. The molecule has 0 atom stereocenters. The van der Waals surface area contributed by atoms with E-state index in [1.165, 1.54) is 31.6 Å². The van der Waals surface area contributed by atoms with E-state index in [1.54, 1.807) is 13.0 Å². The zero-order chi connectivity index (χ0) is 24.3. The number of benzene rings is 1. The highest BCUT2D eigenvalue weighted by molar-refractivity contribution is 6.10. The smallest absolute Gasteiger partial charge is 0.344 e. The van der Waals surface area contributed by atoms with Gasteiger partial charge in [0.15, 0.2) is 5.78 Å². The van der Waals surface area contributed by atoms with Crippen LogP contribution >= 0.6 is 0 Å². The van der Waals surface area contributed by atoms with Crippen molar-refractivity contribution >= 4 is 34.4 Å². The predicted molar refractivity (Wildman–Crippen MR) is 122 cm³/mol. The molecule has 0 aliphatic heterocycles. The quantitative estimate of drug-likeness (QED) is 0.408. The summed E-state index contributed by atoms with van der Waals surface area (Å²) >= 11 is 0. The van der Waals surface area contributed by atoms with Gasteiger partial charge in [0.2, 0.25) is 11.8 Å². The molecule has 0 spiro atoms. The van der Waals surface area contributed by atoms with Crippen molar-refractivity contribution in [2.75, 3.05) is 19.0 Å². The molecule has 1 amide bonds. The van der Waals surface area contributed by atoms with Crippen LogP contribution in [0.4, 0.5) is 5.88 Å². The van der Waals surface area contributed by atoms with E-state index in [0.717, 1.165) is 10.9 Å². The van der Waals surface area contributed by atoms with Crippen molar-refractivity contribution in [1.29, 1.82) is 0 Å². The third-order valence-corrected chi connectivity index (χ3v) is 5.25. The van der Waals surface area contributed by atoms with Gasteiger partial charge in [-0.05, 0) is 39.3 Å². The number of anilines is 1. The van der Waals surface area contributed by atoms with Gasteiger partial charge in [-0.25, -0.2) is 4.79 Å². The van der Waals surface area contributed by atoms with E-state index in [1.807, 2.05) is 19.1 Å². The number of Topliss-reactive ketones (excluding diaryl/α,β-unsaturated/α-hetero) is 1. The Labute approximate surface area is 190 Å². The first-order chi connectivity index (χ1) is 15.7. The molecule has 0 radical (unpaired) electrons. The van der Waals surface area contributed by atoms with E-state index >= 15 is 0 Å². The van der Waals surface area contributed by atoms with Gasteiger partial charge in [-0.3, -0.25) is 19.7 Å². The number of furan rings is 1. The Balaban J connectivity index is 1.90. The fourth-order valence-electron chi connectivity index (χ4n) is 3.81. The zero-order valence-electron chi connectivity index (χ0n) is 19.2. The maximum atomic E-state index is 12.7. The fourth-order valence-corrected chi connectivity index (χ4v) is 3.81. The number of nitrogens with zero attached hydrogens (tertiary/aromatic N) is 1. The van der Waals surface area contributed by atoms with Crippen LogP contribution in [0.5, 0.6) is 5.75 Å². The van der Waals surface area contributed by atoms with E-state index in [4.69, 9.17) is 13.9 Å². The lowest BCUT2D eigenvalue weighted by Crippen LogP contribution is -2.24. The van der Waals surface area contributed by atoms with Crippen molar-refractivity contribution in [3.63, 3.8) is 0 Å². The highest BCUT2D eigenvalue weighted by Crippen LogP contribution is 2.29. The van der Waals surface area contributed by atoms with Gasteiger partial charge in [0.25, 0.3) is 5.56 Å². The molecule has 174 valence electrons. The summed E-state index contributed by atoms with van der Waals surface area (Å²) in [6.07, 6.45) is -0.0897. The summed E-state index contributed by atoms with van der Waals surface area (Å²) in [4.78, 5) is 49.9. The lowest BCUT2D eigenvalue weighted by molar-refractivity contribution is -0.116. The first kappa shape index (κ1) is 23.8. The van der Waals surface area contributed by atoms with Gasteiger partial charge in [-0.1, -0.05) is 12.1 Å². The Morgan fingerprint density at radius 3 is 2.52 bits per heavy atom. The third-order valence-electron chi connectivity index (χ3n) is 5.25. The number of carbonyl (C=O) groups is 3. The molecule has 0 saturated heterocycles. The van der Waals surface area contributed by atoms with Crippen molar-refractivity contribution in [2.45, 2.75) is 40.7 Å². The van der Waals surface area contributed by atoms with E-state index in [2.05, 4.69) is 5.32 Å². The first-order valence-corrected chi connectivity index (χ1v) is 10.5. The highest BCUT2D eigenvalue weighted by Gasteiger charge is 2.28. The number of aryl methyl sites for hydroxylation is 3. The van der Waals surface area contributed by atoms with Crippen LogP contribution in [0.25, 0.3) is 10.9 Å². The van der Waals surface area contributed by atoms with Crippen LogP contribution in [-0.4, -0.2) is 35.9 Å². The number of ketones is 1. The zero-order valence-corrected chi connectivity index (χ0v) is 19.2. The first-order valence-electron chi connectivity index (χ1n) is 10.5. The van der Waals surface area contributed by atoms with Crippen LogP contribution in [0.1, 0.15) is 52.3 Å². The average Bonchev–Trinajstić information content (AvgIpc) is 3.09. The highest BCUT2D eigenvalue weighted by atomic mass is 16.5. The number of para-hydroxylation sites is 1. The van der Waals surface area contributed by atoms with Crippen LogP contribution in [0.15, 0.2) is 33.5 Å². The lowest BCUT2D eigenvalue weighted by Gasteiger charge is -2.14. The third kappa shape index (κ3) is 4.67. The number of esters is 1. The van der Waals surface area contributed by atoms with Gasteiger partial charge < -0.3 is 18.5 Å². The van der Waals surface area contributed by atoms with Crippen LogP contribution in [0.3, 0.4) is 0 Å². The number of nitrogens with one attached hydrogen (secondary N) is 1. The summed E-state index contributed by atoms with van der Waals surface area (Å²) in [5.74, 6) is -1.08. The Bertz CT molecular complexity index is 1300. The summed E-state index contributed by atoms with van der Waals surface area (Å²) in [5.41, 5.74) is 1.08. The van der Waals surface area contributed by atoms with Crippen LogP contribution in [0.2, 0.25) is 0 Å². The summed E-state index contributed by atoms with van der Waals surface area (Å²) in [6, 6.07) is 6.97. The summed E-state index contributed by atoms with van der Waals surface area (Å²) in [7, 11) is 1.52. The second-order valence-electron chi connectivity index (χ2n) is 7.49. The van der Waals surface area contributed by atoms with Crippen molar-refractivity contribution in [3.05, 3.63) is 57.1 Å². The number of pyridine rings is 1. The summed E-state index contributed by atoms with van der Waals surface area (Å²) < 4.78 is 17.4. The fraction of sp³-hybridized carbons (Fsp3) is 0.333. The van der Waals surface area contributed by atoms with Gasteiger partial charge in [-0.15, -0.1) is 0 Å². The molecule has 1 aromatic carbocycles. The molecule has 9 nitrogen and oxygen atoms in total. The molecule has 2 aromatic heterocycles. The molecular formula is C24H26N2O7.